The molecule has 0 aromatic carbocycles. The van der Waals surface area contributed by atoms with Crippen LogP contribution in [-0.4, -0.2) is 152 Å². The van der Waals surface area contributed by atoms with E-state index in [0.717, 1.165) is 0 Å². The van der Waals surface area contributed by atoms with Gasteiger partial charge in [0.15, 0.2) is 17.7 Å². The van der Waals surface area contributed by atoms with E-state index in [-0.39, 0.29) is 112 Å². The molecule has 33 heavy (non-hydrogen) atoms. The molecule has 2 aromatic heterocycles. The Balaban J connectivity index is 0.00000341. The van der Waals surface area contributed by atoms with Gasteiger partial charge >= 0.3 is 23.5 Å². The average Bonchev–Trinajstić information content (AvgIpc) is 3.13. The number of aliphatic hydroxyl groups is 1. The van der Waals surface area contributed by atoms with Gasteiger partial charge in [-0.3, -0.25) is 9.09 Å². The number of anilines is 1. The Bertz CT molecular complexity index is 1090. The number of phosphoric acid groups is 3. The molecule has 3 rings (SSSR count). The number of nitrogen functional groups attached to an aromatic ring is 1. The second kappa shape index (κ2) is 13.5. The van der Waals surface area contributed by atoms with E-state index < -0.39 is 48.5 Å². The van der Waals surface area contributed by atoms with Crippen molar-refractivity contribution in [1.29, 1.82) is 0 Å². The second-order valence-corrected chi connectivity index (χ2v) is 10.3. The molecular formula is C10H16N5Na3O12P3. The maximum absolute atomic E-state index is 11.8. The van der Waals surface area contributed by atoms with Crippen molar-refractivity contribution in [3.63, 3.8) is 0 Å². The van der Waals surface area contributed by atoms with Crippen molar-refractivity contribution in [2.24, 2.45) is 0 Å². The van der Waals surface area contributed by atoms with E-state index in [4.69, 9.17) is 25.2 Å². The Hall–Kier alpha value is 1.68. The SMILES string of the molecule is Nc1ncnc2c1ncn2[C@@H]1O[C@H](COP(=O)(O)OP(=O)(O)OP(=O)(O)O)C[C@H]1O.[Na].[Na].[Na]. The molecule has 0 amide bonds. The fraction of sp³-hybridized carbons (Fsp3) is 0.500. The Morgan fingerprint density at radius 2 is 1.70 bits per heavy atom. The van der Waals surface area contributed by atoms with Crippen LogP contribution in [0.3, 0.4) is 0 Å². The molecule has 0 aliphatic carbocycles. The second-order valence-electron chi connectivity index (χ2n) is 5.92. The molecule has 7 N–H and O–H groups in total. The van der Waals surface area contributed by atoms with Gasteiger partial charge in [-0.25, -0.2) is 28.6 Å². The molecule has 1 fully saturated rings. The molecule has 17 nitrogen and oxygen atoms in total. The summed E-state index contributed by atoms with van der Waals surface area (Å²) in [6, 6.07) is 0. The molecule has 3 heterocycles. The summed E-state index contributed by atoms with van der Waals surface area (Å²) in [4.78, 5) is 47.4. The van der Waals surface area contributed by atoms with E-state index in [2.05, 4.69) is 28.1 Å². The Kier molecular flexibility index (Phi) is 14.2. The van der Waals surface area contributed by atoms with Gasteiger partial charge in [-0.1, -0.05) is 0 Å². The molecule has 2 aromatic rings. The number of phosphoric ester groups is 1. The van der Waals surface area contributed by atoms with Crippen LogP contribution in [0.4, 0.5) is 5.82 Å². The number of fused-ring (bicyclic) bond motifs is 1. The Morgan fingerprint density at radius 1 is 1.06 bits per heavy atom. The van der Waals surface area contributed by atoms with Crippen LogP contribution in [0.1, 0.15) is 12.6 Å². The van der Waals surface area contributed by atoms with Gasteiger partial charge in [0.1, 0.15) is 17.9 Å². The van der Waals surface area contributed by atoms with Crippen LogP contribution in [-0.2, 0) is 31.6 Å². The summed E-state index contributed by atoms with van der Waals surface area (Å²) in [6.45, 7) is -0.693. The molecule has 0 spiro atoms. The number of rotatable bonds is 8. The summed E-state index contributed by atoms with van der Waals surface area (Å²) in [7, 11) is -16.4. The van der Waals surface area contributed by atoms with Gasteiger partial charge in [0.2, 0.25) is 0 Å². The fourth-order valence-corrected chi connectivity index (χ4v) is 5.67. The van der Waals surface area contributed by atoms with Crippen LogP contribution in [0.25, 0.3) is 11.2 Å². The summed E-state index contributed by atoms with van der Waals surface area (Å²) in [6.07, 6.45) is -0.711. The minimum absolute atomic E-state index is 0. The number of imidazole rings is 1. The van der Waals surface area contributed by atoms with Crippen LogP contribution in [0.5, 0.6) is 0 Å². The number of aliphatic hydroxyl groups excluding tert-OH is 1. The van der Waals surface area contributed by atoms with Gasteiger partial charge in [-0.15, -0.1) is 0 Å². The Labute approximate surface area is 252 Å². The van der Waals surface area contributed by atoms with Gasteiger partial charge < -0.3 is 35.2 Å². The monoisotopic (exact) mass is 560 g/mol. The normalized spacial score (nSPS) is 24.1. The number of hydrogen-bond acceptors (Lipinski definition) is 12. The van der Waals surface area contributed by atoms with E-state index in [1.165, 1.54) is 17.2 Å². The van der Waals surface area contributed by atoms with Crippen LogP contribution >= 0.6 is 23.5 Å². The van der Waals surface area contributed by atoms with E-state index in [1.807, 2.05) is 0 Å². The molecule has 1 aliphatic heterocycles. The van der Waals surface area contributed by atoms with Crippen molar-refractivity contribution < 1.29 is 56.3 Å². The first-order chi connectivity index (χ1) is 13.8. The quantitative estimate of drug-likeness (QED) is 0.155. The zero-order valence-electron chi connectivity index (χ0n) is 17.6. The zero-order valence-corrected chi connectivity index (χ0v) is 26.3. The van der Waals surface area contributed by atoms with Crippen LogP contribution in [0, 0.1) is 0 Å². The molecule has 0 bridgehead atoms. The molecule has 2 unspecified atom stereocenters. The standard InChI is InChI=1S/C10H16N5O12P3.3Na/c11-8-7-9(13-3-12-8)15(4-14-7)10-6(16)1-5(25-10)2-24-29(20,21)27-30(22,23)26-28(17,18)19;;;/h3-6,10,16H,1-2H2,(H,20,21)(H,22,23)(H2,11,12,13)(H2,17,18,19);;;/t5-,6+,10+;;;/m0.../s1. The van der Waals surface area contributed by atoms with E-state index in [0.29, 0.717) is 0 Å². The summed E-state index contributed by atoms with van der Waals surface area (Å²) in [5.74, 6) is 0.107. The van der Waals surface area contributed by atoms with Crippen molar-refractivity contribution >= 4 is 129 Å². The van der Waals surface area contributed by atoms with E-state index >= 15 is 0 Å². The summed E-state index contributed by atoms with van der Waals surface area (Å²) in [5.41, 5.74) is 6.22. The number of nitrogens with two attached hydrogens (primary N) is 1. The third-order valence-corrected chi connectivity index (χ3v) is 7.47. The molecule has 171 valence electrons. The molecule has 1 saturated heterocycles. The van der Waals surface area contributed by atoms with Gasteiger partial charge in [0.25, 0.3) is 0 Å². The van der Waals surface area contributed by atoms with Crippen molar-refractivity contribution in [3.8, 4) is 0 Å². The molecule has 3 radical (unpaired) electrons. The van der Waals surface area contributed by atoms with Crippen LogP contribution in [0.2, 0.25) is 0 Å². The van der Waals surface area contributed by atoms with Crippen molar-refractivity contribution in [2.45, 2.75) is 24.9 Å². The Morgan fingerprint density at radius 3 is 2.30 bits per heavy atom. The largest absolute Gasteiger partial charge is 0.490 e. The fourth-order valence-electron chi connectivity index (χ4n) is 2.62. The first-order valence-electron chi connectivity index (χ1n) is 7.81. The van der Waals surface area contributed by atoms with Crippen LogP contribution in [0.15, 0.2) is 12.7 Å². The van der Waals surface area contributed by atoms with Gasteiger partial charge in [0, 0.05) is 95.1 Å². The van der Waals surface area contributed by atoms with Crippen molar-refractivity contribution in [2.75, 3.05) is 12.3 Å². The van der Waals surface area contributed by atoms with Crippen molar-refractivity contribution in [1.82, 2.24) is 19.5 Å². The smallest absolute Gasteiger partial charge is 0.388 e. The molecule has 1 aliphatic rings. The van der Waals surface area contributed by atoms with Crippen LogP contribution < -0.4 is 5.73 Å². The molecule has 23 heteroatoms. The zero-order chi connectivity index (χ0) is 22.3. The minimum Gasteiger partial charge on any atom is -0.388 e. The molecule has 5 atom stereocenters. The number of nitrogens with zero attached hydrogens (tertiary/aromatic N) is 4. The minimum atomic E-state index is -5.62. The number of hydrogen-bond donors (Lipinski definition) is 6. The predicted octanol–water partition coefficient (Wildman–Crippen LogP) is -1.74. The van der Waals surface area contributed by atoms with Gasteiger partial charge in [-0.2, -0.15) is 8.62 Å². The maximum atomic E-state index is 11.8. The summed E-state index contributed by atoms with van der Waals surface area (Å²) >= 11 is 0. The number of ether oxygens (including phenoxy) is 1. The average molecular weight is 560 g/mol. The third kappa shape index (κ3) is 9.82. The summed E-state index contributed by atoms with van der Waals surface area (Å²) < 4.78 is 52.3. The van der Waals surface area contributed by atoms with Crippen molar-refractivity contribution in [3.05, 3.63) is 12.7 Å². The predicted molar refractivity (Wildman–Crippen MR) is 111 cm³/mol. The third-order valence-electron chi connectivity index (χ3n) is 3.67. The first-order valence-corrected chi connectivity index (χ1v) is 12.3. The molecular weight excluding hydrogens is 544 g/mol. The first kappa shape index (κ1) is 34.7. The van der Waals surface area contributed by atoms with Gasteiger partial charge in [0.05, 0.1) is 19.0 Å². The topological polar surface area (TPSA) is 259 Å². The maximum Gasteiger partial charge on any atom is 0.490 e. The van der Waals surface area contributed by atoms with Gasteiger partial charge in [-0.05, 0) is 0 Å². The van der Waals surface area contributed by atoms with E-state index in [9.17, 15) is 23.7 Å². The molecule has 0 saturated carbocycles. The van der Waals surface area contributed by atoms with E-state index in [1.54, 1.807) is 0 Å². The number of aromatic nitrogens is 4. The summed E-state index contributed by atoms with van der Waals surface area (Å²) in [5, 5.41) is 10.2.